The van der Waals surface area contributed by atoms with E-state index in [9.17, 15) is 4.79 Å². The number of methoxy groups -OCH3 is 1. The van der Waals surface area contributed by atoms with Crippen molar-refractivity contribution in [2.45, 2.75) is 111 Å². The van der Waals surface area contributed by atoms with Gasteiger partial charge in [0.2, 0.25) is 0 Å². The zero-order chi connectivity index (χ0) is 21.4. The second-order valence-electron chi connectivity index (χ2n) is 11.1. The Kier molecular flexibility index (Phi) is 6.56. The van der Waals surface area contributed by atoms with E-state index in [1.807, 2.05) is 6.92 Å². The molecule has 1 saturated heterocycles. The molecule has 2 fully saturated rings. The Balaban J connectivity index is 1.65. The summed E-state index contributed by atoms with van der Waals surface area (Å²) in [6, 6.07) is 0. The number of allylic oxidation sites excluding steroid dienone is 2. The highest BCUT2D eigenvalue weighted by atomic mass is 17.2. The summed E-state index contributed by atoms with van der Waals surface area (Å²) in [5, 5.41) is 0. The van der Waals surface area contributed by atoms with E-state index < -0.39 is 0 Å². The van der Waals surface area contributed by atoms with Crippen LogP contribution in [0.3, 0.4) is 0 Å². The molecule has 3 rings (SSSR count). The molecule has 0 radical (unpaired) electrons. The van der Waals surface area contributed by atoms with Gasteiger partial charge in [0, 0.05) is 0 Å². The van der Waals surface area contributed by atoms with Gasteiger partial charge in [-0.2, -0.15) is 0 Å². The summed E-state index contributed by atoms with van der Waals surface area (Å²) in [6.45, 7) is 13.9. The van der Waals surface area contributed by atoms with Gasteiger partial charge in [-0.25, -0.2) is 9.78 Å². The summed E-state index contributed by atoms with van der Waals surface area (Å²) < 4.78 is 4.85. The lowest BCUT2D eigenvalue weighted by Crippen LogP contribution is -2.46. The molecule has 4 nitrogen and oxygen atoms in total. The van der Waals surface area contributed by atoms with Crippen LogP contribution in [0.5, 0.6) is 0 Å². The highest BCUT2D eigenvalue weighted by Gasteiger charge is 2.50. The van der Waals surface area contributed by atoms with Gasteiger partial charge in [-0.1, -0.05) is 38.3 Å². The lowest BCUT2D eigenvalue weighted by Gasteiger charge is -2.55. The molecule has 166 valence electrons. The highest BCUT2D eigenvalue weighted by molar-refractivity contribution is 5.72. The maximum absolute atomic E-state index is 11.8. The molecule has 2 aliphatic carbocycles. The van der Waals surface area contributed by atoms with E-state index in [0.717, 1.165) is 31.6 Å². The van der Waals surface area contributed by atoms with Crippen molar-refractivity contribution >= 4 is 5.97 Å². The summed E-state index contributed by atoms with van der Waals surface area (Å²) in [6.07, 6.45) is 10.2. The molecule has 3 aliphatic rings. The average Bonchev–Trinajstić information content (AvgIpc) is 2.66. The van der Waals surface area contributed by atoms with Gasteiger partial charge in [-0.3, -0.25) is 4.79 Å². The van der Waals surface area contributed by atoms with E-state index in [1.165, 1.54) is 39.2 Å². The third-order valence-corrected chi connectivity index (χ3v) is 8.61. The van der Waals surface area contributed by atoms with Gasteiger partial charge in [0.1, 0.15) is 11.7 Å². The predicted molar refractivity (Wildman–Crippen MR) is 115 cm³/mol. The largest absolute Gasteiger partial charge is 0.469 e. The predicted octanol–water partition coefficient (Wildman–Crippen LogP) is 6.39. The molecule has 1 saturated carbocycles. The number of hydrogen-bond acceptors (Lipinski definition) is 4. The first-order valence-corrected chi connectivity index (χ1v) is 11.6. The minimum atomic E-state index is -0.294. The number of carbonyl (C=O) groups excluding carboxylic acids is 1. The van der Waals surface area contributed by atoms with E-state index in [4.69, 9.17) is 14.5 Å². The number of fused-ring (bicyclic) bond motifs is 1. The first kappa shape index (κ1) is 22.8. The Morgan fingerprint density at radius 1 is 1.17 bits per heavy atom. The fourth-order valence-corrected chi connectivity index (χ4v) is 6.63. The summed E-state index contributed by atoms with van der Waals surface area (Å²) in [7, 11) is 1.42. The van der Waals surface area contributed by atoms with Gasteiger partial charge < -0.3 is 4.74 Å². The summed E-state index contributed by atoms with van der Waals surface area (Å²) >= 11 is 0. The fraction of sp³-hybridized carbons (Fsp3) is 0.880. The van der Waals surface area contributed by atoms with Gasteiger partial charge in [0.25, 0.3) is 0 Å². The Bertz CT molecular complexity index is 641. The molecule has 1 aliphatic heterocycles. The number of carbonyl (C=O) groups is 1. The molecule has 4 heteroatoms. The number of rotatable bonds is 5. The van der Waals surface area contributed by atoms with Gasteiger partial charge in [0.05, 0.1) is 13.0 Å². The SMILES string of the molecule is COC(=O)[C@@H](C)[C@@H]1CC[C@@](C)(CCC2=C(C)CC[C@H]3C(C)(C)CCC[C@]23C)OO1. The van der Waals surface area contributed by atoms with Crippen molar-refractivity contribution in [2.24, 2.45) is 22.7 Å². The second kappa shape index (κ2) is 8.34. The lowest BCUT2D eigenvalue weighted by molar-refractivity contribution is -0.411. The zero-order valence-corrected chi connectivity index (χ0v) is 19.7. The number of hydrogen-bond donors (Lipinski definition) is 0. The van der Waals surface area contributed by atoms with Crippen LogP contribution in [0.2, 0.25) is 0 Å². The summed E-state index contributed by atoms with van der Waals surface area (Å²) in [5.41, 5.74) is 3.78. The van der Waals surface area contributed by atoms with Crippen LogP contribution in [0.4, 0.5) is 0 Å². The van der Waals surface area contributed by atoms with E-state index in [-0.39, 0.29) is 23.6 Å². The molecule has 0 bridgehead atoms. The van der Waals surface area contributed by atoms with Crippen LogP contribution >= 0.6 is 0 Å². The number of esters is 1. The molecule has 0 aromatic carbocycles. The van der Waals surface area contributed by atoms with Gasteiger partial charge in [0.15, 0.2) is 0 Å². The molecule has 0 unspecified atom stereocenters. The second-order valence-corrected chi connectivity index (χ2v) is 11.1. The normalized spacial score (nSPS) is 38.3. The minimum Gasteiger partial charge on any atom is -0.469 e. The quantitative estimate of drug-likeness (QED) is 0.301. The van der Waals surface area contributed by atoms with Crippen LogP contribution in [0, 0.1) is 22.7 Å². The Hall–Kier alpha value is -0.870. The molecule has 0 aromatic heterocycles. The van der Waals surface area contributed by atoms with Gasteiger partial charge in [-0.05, 0) is 88.9 Å². The van der Waals surface area contributed by atoms with E-state index in [0.29, 0.717) is 10.8 Å². The van der Waals surface area contributed by atoms with Crippen LogP contribution in [0.25, 0.3) is 0 Å². The van der Waals surface area contributed by atoms with Crippen molar-refractivity contribution in [2.75, 3.05) is 7.11 Å². The maximum atomic E-state index is 11.8. The van der Waals surface area contributed by atoms with Crippen LogP contribution < -0.4 is 0 Å². The van der Waals surface area contributed by atoms with E-state index in [1.54, 1.807) is 11.1 Å². The first-order valence-electron chi connectivity index (χ1n) is 11.6. The standard InChI is InChI=1S/C25H42O4/c1-17-9-10-21-23(3,4)13-8-14-25(21,6)19(17)11-15-24(5)16-12-20(28-29-24)18(2)22(26)27-7/h18,20-21H,8-16H2,1-7H3/t18-,20-,21-,24+,25+/m0/s1. The molecule has 0 N–H and O–H groups in total. The monoisotopic (exact) mass is 406 g/mol. The van der Waals surface area contributed by atoms with Crippen molar-refractivity contribution in [1.82, 2.24) is 0 Å². The van der Waals surface area contributed by atoms with E-state index >= 15 is 0 Å². The lowest BCUT2D eigenvalue weighted by atomic mass is 9.50. The first-order chi connectivity index (χ1) is 13.5. The van der Waals surface area contributed by atoms with Gasteiger partial charge in [-0.15, -0.1) is 0 Å². The Morgan fingerprint density at radius 3 is 2.52 bits per heavy atom. The molecule has 1 heterocycles. The van der Waals surface area contributed by atoms with Crippen LogP contribution in [-0.2, 0) is 19.3 Å². The molecular formula is C25H42O4. The fourth-order valence-electron chi connectivity index (χ4n) is 6.63. The minimum absolute atomic E-state index is 0.216. The third kappa shape index (κ3) is 4.44. The Labute approximate surface area is 177 Å². The maximum Gasteiger partial charge on any atom is 0.311 e. The Morgan fingerprint density at radius 2 is 1.90 bits per heavy atom. The number of ether oxygens (including phenoxy) is 1. The molecule has 0 amide bonds. The smallest absolute Gasteiger partial charge is 0.311 e. The molecule has 29 heavy (non-hydrogen) atoms. The summed E-state index contributed by atoms with van der Waals surface area (Å²) in [4.78, 5) is 23.4. The highest BCUT2D eigenvalue weighted by Crippen LogP contribution is 2.60. The van der Waals surface area contributed by atoms with Crippen molar-refractivity contribution in [3.8, 4) is 0 Å². The van der Waals surface area contributed by atoms with Crippen molar-refractivity contribution in [3.63, 3.8) is 0 Å². The zero-order valence-electron chi connectivity index (χ0n) is 19.7. The van der Waals surface area contributed by atoms with Crippen LogP contribution in [0.15, 0.2) is 11.1 Å². The van der Waals surface area contributed by atoms with Crippen molar-refractivity contribution in [3.05, 3.63) is 11.1 Å². The molecular weight excluding hydrogens is 364 g/mol. The topological polar surface area (TPSA) is 44.8 Å². The molecule has 0 spiro atoms. The van der Waals surface area contributed by atoms with Crippen LogP contribution in [-0.4, -0.2) is 24.8 Å². The average molecular weight is 407 g/mol. The van der Waals surface area contributed by atoms with Crippen molar-refractivity contribution < 1.29 is 19.3 Å². The van der Waals surface area contributed by atoms with Gasteiger partial charge >= 0.3 is 5.97 Å². The van der Waals surface area contributed by atoms with Crippen molar-refractivity contribution in [1.29, 1.82) is 0 Å². The molecule has 5 atom stereocenters. The summed E-state index contributed by atoms with van der Waals surface area (Å²) in [5.74, 6) is 0.255. The van der Waals surface area contributed by atoms with Crippen LogP contribution in [0.1, 0.15) is 99.3 Å². The third-order valence-electron chi connectivity index (χ3n) is 8.61. The molecule has 0 aromatic rings. The van der Waals surface area contributed by atoms with E-state index in [2.05, 4.69) is 34.6 Å².